The van der Waals surface area contributed by atoms with Gasteiger partial charge in [0.15, 0.2) is 0 Å². The van der Waals surface area contributed by atoms with Crippen molar-refractivity contribution in [3.63, 3.8) is 0 Å². The van der Waals surface area contributed by atoms with Gasteiger partial charge in [0, 0.05) is 0 Å². The molecule has 1 fully saturated rings. The molecule has 0 bridgehead atoms. The zero-order chi connectivity index (χ0) is 10.6. The fourth-order valence-electron chi connectivity index (χ4n) is 1.81. The normalized spacial score (nSPS) is 26.8. The van der Waals surface area contributed by atoms with Crippen LogP contribution in [-0.4, -0.2) is 12.1 Å². The highest BCUT2D eigenvalue weighted by atomic mass is 16.2. The molecule has 0 aromatic carbocycles. The summed E-state index contributed by atoms with van der Waals surface area (Å²) in [5.74, 6) is 0. The molecule has 0 aliphatic heterocycles. The first-order chi connectivity index (χ1) is 6.69. The van der Waals surface area contributed by atoms with Crippen LogP contribution in [0.15, 0.2) is 36.0 Å². The number of nitrogens with one attached hydrogen (secondary N) is 1. The molecule has 1 aliphatic carbocycles. The van der Waals surface area contributed by atoms with Gasteiger partial charge in [-0.05, 0) is 30.9 Å². The minimum atomic E-state index is -0.470. The van der Waals surface area contributed by atoms with E-state index in [-0.39, 0.29) is 6.04 Å². The number of urea groups is 1. The van der Waals surface area contributed by atoms with E-state index in [0.29, 0.717) is 0 Å². The van der Waals surface area contributed by atoms with Crippen molar-refractivity contribution in [3.8, 4) is 0 Å². The molecule has 3 nitrogen and oxygen atoms in total. The Hall–Kier alpha value is -1.51. The van der Waals surface area contributed by atoms with Gasteiger partial charge in [-0.2, -0.15) is 0 Å². The number of primary amides is 1. The number of carbonyl (C=O) groups excluding carboxylic acids is 1. The second-order valence-electron chi connectivity index (χ2n) is 3.27. The third-order valence-corrected chi connectivity index (χ3v) is 2.41. The summed E-state index contributed by atoms with van der Waals surface area (Å²) in [6, 6.07) is -0.418. The first-order valence-electron chi connectivity index (χ1n) is 4.73. The number of nitrogens with two attached hydrogens (primary N) is 1. The molecule has 0 heterocycles. The summed E-state index contributed by atoms with van der Waals surface area (Å²) in [6.45, 7) is 5.66. The number of allylic oxidation sites excluding steroid dienone is 3. The van der Waals surface area contributed by atoms with E-state index in [1.165, 1.54) is 5.57 Å². The van der Waals surface area contributed by atoms with Gasteiger partial charge >= 0.3 is 6.03 Å². The van der Waals surface area contributed by atoms with E-state index < -0.39 is 6.03 Å². The summed E-state index contributed by atoms with van der Waals surface area (Å²) in [4.78, 5) is 10.7. The average Bonchev–Trinajstić information content (AvgIpc) is 2.48. The lowest BCUT2D eigenvalue weighted by atomic mass is 10.1. The largest absolute Gasteiger partial charge is 0.352 e. The Morgan fingerprint density at radius 3 is 2.93 bits per heavy atom. The van der Waals surface area contributed by atoms with Crippen molar-refractivity contribution < 1.29 is 4.79 Å². The molecular formula is C11H16N2O. The third kappa shape index (κ3) is 2.25. The number of amides is 2. The minimum absolute atomic E-state index is 0.0525. The molecule has 0 spiro atoms. The fraction of sp³-hybridized carbons (Fsp3) is 0.364. The van der Waals surface area contributed by atoms with E-state index in [0.717, 1.165) is 18.4 Å². The van der Waals surface area contributed by atoms with Crippen molar-refractivity contribution in [1.82, 2.24) is 5.32 Å². The number of rotatable bonds is 2. The van der Waals surface area contributed by atoms with Gasteiger partial charge < -0.3 is 11.1 Å². The highest BCUT2D eigenvalue weighted by molar-refractivity contribution is 5.73. The van der Waals surface area contributed by atoms with E-state index in [4.69, 9.17) is 5.73 Å². The van der Waals surface area contributed by atoms with Crippen LogP contribution in [0.2, 0.25) is 0 Å². The predicted octanol–water partition coefficient (Wildman–Crippen LogP) is 1.88. The molecule has 3 N–H and O–H groups in total. The summed E-state index contributed by atoms with van der Waals surface area (Å²) in [7, 11) is 0. The first-order valence-corrected chi connectivity index (χ1v) is 4.73. The molecule has 0 aromatic heterocycles. The van der Waals surface area contributed by atoms with Gasteiger partial charge in [0.25, 0.3) is 0 Å². The van der Waals surface area contributed by atoms with Gasteiger partial charge in [-0.25, -0.2) is 4.79 Å². The summed E-state index contributed by atoms with van der Waals surface area (Å²) in [5.41, 5.74) is 7.49. The van der Waals surface area contributed by atoms with Gasteiger partial charge in [0.1, 0.15) is 0 Å². The Kier molecular flexibility index (Phi) is 3.51. The van der Waals surface area contributed by atoms with Crippen molar-refractivity contribution in [2.45, 2.75) is 25.8 Å². The average molecular weight is 192 g/mol. The maximum absolute atomic E-state index is 10.7. The van der Waals surface area contributed by atoms with Crippen LogP contribution in [0.4, 0.5) is 4.79 Å². The van der Waals surface area contributed by atoms with Crippen molar-refractivity contribution in [3.05, 3.63) is 36.0 Å². The van der Waals surface area contributed by atoms with Crippen molar-refractivity contribution in [2.24, 2.45) is 5.73 Å². The van der Waals surface area contributed by atoms with Crippen LogP contribution in [0, 0.1) is 0 Å². The monoisotopic (exact) mass is 192 g/mol. The molecule has 1 rings (SSSR count). The van der Waals surface area contributed by atoms with E-state index >= 15 is 0 Å². The van der Waals surface area contributed by atoms with Gasteiger partial charge in [-0.1, -0.05) is 24.8 Å². The van der Waals surface area contributed by atoms with Crippen LogP contribution >= 0.6 is 0 Å². The van der Waals surface area contributed by atoms with Crippen LogP contribution in [0.5, 0.6) is 0 Å². The van der Waals surface area contributed by atoms with Crippen LogP contribution in [0.25, 0.3) is 0 Å². The predicted molar refractivity (Wildman–Crippen MR) is 57.8 cm³/mol. The van der Waals surface area contributed by atoms with Crippen LogP contribution < -0.4 is 11.1 Å². The lowest BCUT2D eigenvalue weighted by Crippen LogP contribution is -2.37. The number of carbonyl (C=O) groups is 1. The molecule has 14 heavy (non-hydrogen) atoms. The van der Waals surface area contributed by atoms with E-state index in [9.17, 15) is 4.79 Å². The van der Waals surface area contributed by atoms with Crippen LogP contribution in [0.1, 0.15) is 19.8 Å². The van der Waals surface area contributed by atoms with Gasteiger partial charge in [-0.3, -0.25) is 0 Å². The van der Waals surface area contributed by atoms with E-state index in [1.807, 2.05) is 13.0 Å². The summed E-state index contributed by atoms with van der Waals surface area (Å²) >= 11 is 0. The molecule has 0 saturated heterocycles. The molecule has 1 unspecified atom stereocenters. The molecular weight excluding hydrogens is 176 g/mol. The lowest BCUT2D eigenvalue weighted by molar-refractivity contribution is 0.247. The number of hydrogen-bond donors (Lipinski definition) is 2. The highest BCUT2D eigenvalue weighted by Crippen LogP contribution is 2.30. The molecule has 3 heteroatoms. The van der Waals surface area contributed by atoms with E-state index in [2.05, 4.69) is 18.0 Å². The molecule has 0 radical (unpaired) electrons. The van der Waals surface area contributed by atoms with Crippen LogP contribution in [0.3, 0.4) is 0 Å². The first kappa shape index (κ1) is 10.6. The zero-order valence-corrected chi connectivity index (χ0v) is 8.42. The third-order valence-electron chi connectivity index (χ3n) is 2.41. The quantitative estimate of drug-likeness (QED) is 0.689. The zero-order valence-electron chi connectivity index (χ0n) is 8.42. The van der Waals surface area contributed by atoms with E-state index in [1.54, 1.807) is 6.08 Å². The molecule has 1 saturated carbocycles. The maximum Gasteiger partial charge on any atom is 0.312 e. The standard InChI is InChI=1S/C11H16N2O/c1-3-5-9-8(4-2)6-7-10(9)13-11(12)14/h3-5,10H,1,6-7H2,2H3,(H3,12,13,14)/b8-4-,9-5?. The molecule has 2 amide bonds. The Morgan fingerprint density at radius 1 is 1.71 bits per heavy atom. The topological polar surface area (TPSA) is 55.1 Å². The second kappa shape index (κ2) is 4.65. The second-order valence-corrected chi connectivity index (χ2v) is 3.27. The molecule has 1 aliphatic rings. The van der Waals surface area contributed by atoms with Gasteiger partial charge in [0.2, 0.25) is 0 Å². The Labute approximate surface area is 84.4 Å². The molecule has 76 valence electrons. The smallest absolute Gasteiger partial charge is 0.312 e. The molecule has 1 atom stereocenters. The summed E-state index contributed by atoms with van der Waals surface area (Å²) in [6.07, 6.45) is 7.64. The van der Waals surface area contributed by atoms with Crippen molar-refractivity contribution in [2.75, 3.05) is 0 Å². The lowest BCUT2D eigenvalue weighted by Gasteiger charge is -2.12. The summed E-state index contributed by atoms with van der Waals surface area (Å²) in [5, 5.41) is 2.72. The Bertz CT molecular complexity index is 302. The fourth-order valence-corrected chi connectivity index (χ4v) is 1.81. The van der Waals surface area contributed by atoms with Crippen LogP contribution in [-0.2, 0) is 0 Å². The Balaban J connectivity index is 2.84. The highest BCUT2D eigenvalue weighted by Gasteiger charge is 2.24. The van der Waals surface area contributed by atoms with Gasteiger partial charge in [-0.15, -0.1) is 0 Å². The minimum Gasteiger partial charge on any atom is -0.352 e. The maximum atomic E-state index is 10.7. The van der Waals surface area contributed by atoms with Crippen molar-refractivity contribution in [1.29, 1.82) is 0 Å². The van der Waals surface area contributed by atoms with Gasteiger partial charge in [0.05, 0.1) is 6.04 Å². The van der Waals surface area contributed by atoms with Crippen molar-refractivity contribution >= 4 is 6.03 Å². The SMILES string of the molecule is C=CC=C1/C(=C\C)CCC1NC(N)=O. The molecule has 0 aromatic rings. The summed E-state index contributed by atoms with van der Waals surface area (Å²) < 4.78 is 0. The number of hydrogen-bond acceptors (Lipinski definition) is 1. The Morgan fingerprint density at radius 2 is 2.43 bits per heavy atom.